The summed E-state index contributed by atoms with van der Waals surface area (Å²) in [5.41, 5.74) is -0.559. The molecule has 0 aliphatic carbocycles. The minimum atomic E-state index is -0.880. The van der Waals surface area contributed by atoms with Crippen LogP contribution in [0.15, 0.2) is 18.3 Å². The third-order valence-corrected chi connectivity index (χ3v) is 3.39. The van der Waals surface area contributed by atoms with Gasteiger partial charge in [-0.15, -0.1) is 0 Å². The Kier molecular flexibility index (Phi) is 3.26. The molecule has 2 rings (SSSR count). The molecule has 1 aromatic rings. The van der Waals surface area contributed by atoms with E-state index in [1.165, 1.54) is 11.1 Å². The van der Waals surface area contributed by atoms with Crippen molar-refractivity contribution in [2.45, 2.75) is 19.4 Å². The maximum absolute atomic E-state index is 12.4. The number of carbonyl (C=O) groups is 2. The molecule has 6 heteroatoms. The molecule has 2 heterocycles. The number of rotatable bonds is 1. The highest BCUT2D eigenvalue weighted by Gasteiger charge is 2.41. The van der Waals surface area contributed by atoms with E-state index in [4.69, 9.17) is 11.6 Å². The average molecular weight is 268 g/mol. The van der Waals surface area contributed by atoms with Crippen LogP contribution >= 0.6 is 11.6 Å². The van der Waals surface area contributed by atoms with Crippen LogP contribution in [0.5, 0.6) is 0 Å². The fourth-order valence-electron chi connectivity index (χ4n) is 1.95. The molecule has 0 saturated carbocycles. The van der Waals surface area contributed by atoms with Crippen LogP contribution in [0.3, 0.4) is 0 Å². The summed E-state index contributed by atoms with van der Waals surface area (Å²) in [7, 11) is 0. The van der Waals surface area contributed by atoms with Crippen LogP contribution in [0.4, 0.5) is 0 Å². The Hall–Kier alpha value is -1.62. The summed E-state index contributed by atoms with van der Waals surface area (Å²) >= 11 is 5.91. The molecule has 0 bridgehead atoms. The van der Waals surface area contributed by atoms with E-state index in [1.807, 2.05) is 0 Å². The van der Waals surface area contributed by atoms with Crippen LogP contribution in [0, 0.1) is 0 Å². The summed E-state index contributed by atoms with van der Waals surface area (Å²) in [6.45, 7) is 4.34. The number of carbonyl (C=O) groups excluding carboxylic acids is 2. The fourth-order valence-corrected chi connectivity index (χ4v) is 2.15. The van der Waals surface area contributed by atoms with Crippen LogP contribution in [0.2, 0.25) is 5.15 Å². The highest BCUT2D eigenvalue weighted by molar-refractivity contribution is 6.32. The second kappa shape index (κ2) is 4.57. The fraction of sp³-hybridized carbons (Fsp3) is 0.417. The van der Waals surface area contributed by atoms with Gasteiger partial charge in [0, 0.05) is 19.3 Å². The summed E-state index contributed by atoms with van der Waals surface area (Å²) < 4.78 is 0. The molecule has 0 atom stereocenters. The van der Waals surface area contributed by atoms with Crippen molar-refractivity contribution in [2.75, 3.05) is 13.1 Å². The molecule has 0 radical (unpaired) electrons. The number of amides is 2. The van der Waals surface area contributed by atoms with Gasteiger partial charge in [0.1, 0.15) is 10.7 Å². The van der Waals surface area contributed by atoms with E-state index in [9.17, 15) is 9.59 Å². The molecule has 1 aliphatic rings. The molecular formula is C12H14ClN3O2. The highest BCUT2D eigenvalue weighted by atomic mass is 35.5. The Bertz CT molecular complexity index is 502. The zero-order valence-electron chi connectivity index (χ0n) is 10.2. The number of hydrogen-bond donors (Lipinski definition) is 1. The van der Waals surface area contributed by atoms with Gasteiger partial charge in [0.15, 0.2) is 0 Å². The summed E-state index contributed by atoms with van der Waals surface area (Å²) in [6.07, 6.45) is 1.52. The molecule has 5 nitrogen and oxygen atoms in total. The number of nitrogens with zero attached hydrogens (tertiary/aromatic N) is 2. The van der Waals surface area contributed by atoms with Gasteiger partial charge in [0.05, 0.1) is 5.56 Å². The Balaban J connectivity index is 2.34. The minimum absolute atomic E-state index is 0.157. The smallest absolute Gasteiger partial charge is 0.257 e. The minimum Gasteiger partial charge on any atom is -0.352 e. The van der Waals surface area contributed by atoms with Crippen LogP contribution < -0.4 is 5.32 Å². The zero-order valence-corrected chi connectivity index (χ0v) is 11.0. The largest absolute Gasteiger partial charge is 0.352 e. The lowest BCUT2D eigenvalue weighted by Gasteiger charge is -2.41. The molecule has 1 aliphatic heterocycles. The highest BCUT2D eigenvalue weighted by Crippen LogP contribution is 2.23. The van der Waals surface area contributed by atoms with E-state index in [2.05, 4.69) is 10.3 Å². The predicted octanol–water partition coefficient (Wildman–Crippen LogP) is 1.09. The lowest BCUT2D eigenvalue weighted by molar-refractivity contribution is -0.133. The van der Waals surface area contributed by atoms with Crippen molar-refractivity contribution in [1.82, 2.24) is 15.2 Å². The van der Waals surface area contributed by atoms with Gasteiger partial charge in [-0.05, 0) is 26.0 Å². The molecule has 18 heavy (non-hydrogen) atoms. The molecule has 1 N–H and O–H groups in total. The van der Waals surface area contributed by atoms with Crippen molar-refractivity contribution >= 4 is 23.4 Å². The summed E-state index contributed by atoms with van der Waals surface area (Å²) in [6, 6.07) is 3.26. The maximum atomic E-state index is 12.4. The molecule has 2 amide bonds. The van der Waals surface area contributed by atoms with E-state index in [-0.39, 0.29) is 17.0 Å². The first-order valence-electron chi connectivity index (χ1n) is 5.65. The molecule has 0 unspecified atom stereocenters. The SMILES string of the molecule is CC1(C)C(=O)NCCN1C(=O)c1cccnc1Cl. The van der Waals surface area contributed by atoms with E-state index in [1.54, 1.807) is 26.0 Å². The van der Waals surface area contributed by atoms with Crippen molar-refractivity contribution in [3.63, 3.8) is 0 Å². The van der Waals surface area contributed by atoms with Gasteiger partial charge in [-0.3, -0.25) is 9.59 Å². The van der Waals surface area contributed by atoms with Gasteiger partial charge in [-0.1, -0.05) is 11.6 Å². The van der Waals surface area contributed by atoms with Gasteiger partial charge < -0.3 is 10.2 Å². The first-order valence-corrected chi connectivity index (χ1v) is 6.03. The van der Waals surface area contributed by atoms with Crippen LogP contribution in [-0.2, 0) is 4.79 Å². The number of pyridine rings is 1. The first-order chi connectivity index (χ1) is 8.44. The van der Waals surface area contributed by atoms with Crippen molar-refractivity contribution < 1.29 is 9.59 Å². The summed E-state index contributed by atoms with van der Waals surface area (Å²) in [5, 5.41) is 2.90. The molecular weight excluding hydrogens is 254 g/mol. The normalized spacial score (nSPS) is 18.4. The molecule has 0 aromatic carbocycles. The predicted molar refractivity (Wildman–Crippen MR) is 67.4 cm³/mol. The van der Waals surface area contributed by atoms with Gasteiger partial charge in [0.2, 0.25) is 5.91 Å². The van der Waals surface area contributed by atoms with Gasteiger partial charge in [0.25, 0.3) is 5.91 Å². The maximum Gasteiger partial charge on any atom is 0.257 e. The number of halogens is 1. The molecule has 0 spiro atoms. The van der Waals surface area contributed by atoms with Crippen molar-refractivity contribution in [1.29, 1.82) is 0 Å². The van der Waals surface area contributed by atoms with Gasteiger partial charge >= 0.3 is 0 Å². The topological polar surface area (TPSA) is 62.3 Å². The van der Waals surface area contributed by atoms with Crippen LogP contribution in [0.1, 0.15) is 24.2 Å². The Morgan fingerprint density at radius 1 is 1.56 bits per heavy atom. The Labute approximate surface area is 110 Å². The summed E-state index contributed by atoms with van der Waals surface area (Å²) in [5.74, 6) is -0.435. The van der Waals surface area contributed by atoms with E-state index >= 15 is 0 Å². The number of piperazine rings is 1. The van der Waals surface area contributed by atoms with Crippen molar-refractivity contribution in [3.8, 4) is 0 Å². The number of nitrogens with one attached hydrogen (secondary N) is 1. The van der Waals surface area contributed by atoms with Gasteiger partial charge in [-0.2, -0.15) is 0 Å². The molecule has 1 saturated heterocycles. The molecule has 1 aromatic heterocycles. The van der Waals surface area contributed by atoms with E-state index in [0.29, 0.717) is 18.7 Å². The van der Waals surface area contributed by atoms with Gasteiger partial charge in [-0.25, -0.2) is 4.98 Å². The lowest BCUT2D eigenvalue weighted by atomic mass is 9.98. The second-order valence-electron chi connectivity index (χ2n) is 4.61. The standard InChI is InChI=1S/C12H14ClN3O2/c1-12(2)11(18)15-6-7-16(12)10(17)8-4-3-5-14-9(8)13/h3-5H,6-7H2,1-2H3,(H,15,18). The first kappa shape index (κ1) is 12.8. The van der Waals surface area contributed by atoms with Crippen molar-refractivity contribution in [2.24, 2.45) is 0 Å². The quantitative estimate of drug-likeness (QED) is 0.775. The monoisotopic (exact) mass is 267 g/mol. The van der Waals surface area contributed by atoms with E-state index < -0.39 is 5.54 Å². The zero-order chi connectivity index (χ0) is 13.3. The number of aromatic nitrogens is 1. The van der Waals surface area contributed by atoms with Crippen LogP contribution in [-0.4, -0.2) is 40.3 Å². The Morgan fingerprint density at radius 2 is 2.28 bits per heavy atom. The van der Waals surface area contributed by atoms with Crippen molar-refractivity contribution in [3.05, 3.63) is 29.0 Å². The third kappa shape index (κ3) is 2.06. The van der Waals surface area contributed by atoms with E-state index in [0.717, 1.165) is 0 Å². The average Bonchev–Trinajstić information content (AvgIpc) is 2.32. The number of hydrogen-bond acceptors (Lipinski definition) is 3. The third-order valence-electron chi connectivity index (χ3n) is 3.09. The van der Waals surface area contributed by atoms with Crippen LogP contribution in [0.25, 0.3) is 0 Å². The Morgan fingerprint density at radius 3 is 2.94 bits per heavy atom. The second-order valence-corrected chi connectivity index (χ2v) is 4.97. The molecule has 96 valence electrons. The lowest BCUT2D eigenvalue weighted by Crippen LogP contribution is -2.63. The molecule has 1 fully saturated rings. The summed E-state index contributed by atoms with van der Waals surface area (Å²) in [4.78, 5) is 29.6.